The molecule has 0 N–H and O–H groups in total. The zero-order valence-electron chi connectivity index (χ0n) is 11.9. The van der Waals surface area contributed by atoms with Crippen LogP contribution >= 0.6 is 15.9 Å². The fourth-order valence-corrected chi connectivity index (χ4v) is 2.90. The van der Waals surface area contributed by atoms with Crippen molar-refractivity contribution < 1.29 is 4.39 Å². The van der Waals surface area contributed by atoms with Crippen LogP contribution in [0.15, 0.2) is 48.5 Å². The van der Waals surface area contributed by atoms with E-state index in [2.05, 4.69) is 54.0 Å². The topological polar surface area (TPSA) is 0 Å². The van der Waals surface area contributed by atoms with Crippen LogP contribution in [0.2, 0.25) is 0 Å². The molecule has 2 aromatic carbocycles. The van der Waals surface area contributed by atoms with Crippen LogP contribution in [0.5, 0.6) is 0 Å². The van der Waals surface area contributed by atoms with Crippen LogP contribution in [0, 0.1) is 5.82 Å². The first-order valence-electron chi connectivity index (χ1n) is 7.09. The van der Waals surface area contributed by atoms with Crippen LogP contribution in [0.4, 0.5) is 4.39 Å². The lowest BCUT2D eigenvalue weighted by molar-refractivity contribution is 0.608. The minimum Gasteiger partial charge on any atom is -0.207 e. The van der Waals surface area contributed by atoms with E-state index in [1.807, 2.05) is 12.1 Å². The summed E-state index contributed by atoms with van der Waals surface area (Å²) in [7, 11) is 0. The second kappa shape index (κ2) is 7.03. The van der Waals surface area contributed by atoms with Gasteiger partial charge in [0.2, 0.25) is 0 Å². The van der Waals surface area contributed by atoms with Crippen molar-refractivity contribution in [1.29, 1.82) is 0 Å². The van der Waals surface area contributed by atoms with Crippen molar-refractivity contribution in [3.05, 3.63) is 71.0 Å². The molecule has 20 heavy (non-hydrogen) atoms. The Morgan fingerprint density at radius 1 is 1.00 bits per heavy atom. The first-order chi connectivity index (χ1) is 9.61. The van der Waals surface area contributed by atoms with Crippen molar-refractivity contribution in [2.45, 2.75) is 37.4 Å². The second-order valence-electron chi connectivity index (χ2n) is 5.24. The molecule has 0 aliphatic carbocycles. The SMILES string of the molecule is CCC(C)c1ccc(C(Br)Cc2ccccc2F)cc1. The normalized spacial score (nSPS) is 14.0. The summed E-state index contributed by atoms with van der Waals surface area (Å²) in [5, 5.41) is 0. The van der Waals surface area contributed by atoms with Gasteiger partial charge in [-0.2, -0.15) is 0 Å². The number of hydrogen-bond donors (Lipinski definition) is 0. The highest BCUT2D eigenvalue weighted by Gasteiger charge is 2.12. The molecular formula is C18H20BrF. The van der Waals surface area contributed by atoms with Crippen LogP contribution in [0.1, 0.15) is 47.7 Å². The smallest absolute Gasteiger partial charge is 0.126 e. The molecule has 0 saturated carbocycles. The first-order valence-corrected chi connectivity index (χ1v) is 8.00. The van der Waals surface area contributed by atoms with E-state index >= 15 is 0 Å². The molecule has 106 valence electrons. The molecule has 0 radical (unpaired) electrons. The molecule has 0 aromatic heterocycles. The third-order valence-corrected chi connectivity index (χ3v) is 4.69. The maximum atomic E-state index is 13.7. The predicted molar refractivity (Wildman–Crippen MR) is 86.9 cm³/mol. The van der Waals surface area contributed by atoms with Gasteiger partial charge in [0.15, 0.2) is 0 Å². The fourth-order valence-electron chi connectivity index (χ4n) is 2.24. The quantitative estimate of drug-likeness (QED) is 0.586. The summed E-state index contributed by atoms with van der Waals surface area (Å²) >= 11 is 3.67. The Bertz CT molecular complexity index is 548. The van der Waals surface area contributed by atoms with Gasteiger partial charge in [-0.15, -0.1) is 0 Å². The van der Waals surface area contributed by atoms with E-state index in [4.69, 9.17) is 0 Å². The molecule has 0 bridgehead atoms. The summed E-state index contributed by atoms with van der Waals surface area (Å²) in [5.74, 6) is 0.456. The summed E-state index contributed by atoms with van der Waals surface area (Å²) in [6.07, 6.45) is 1.81. The van der Waals surface area contributed by atoms with E-state index in [1.165, 1.54) is 17.2 Å². The van der Waals surface area contributed by atoms with E-state index in [0.717, 1.165) is 12.0 Å². The van der Waals surface area contributed by atoms with Gasteiger partial charge in [0.25, 0.3) is 0 Å². The highest BCUT2D eigenvalue weighted by Crippen LogP contribution is 2.29. The van der Waals surface area contributed by atoms with E-state index in [-0.39, 0.29) is 10.6 Å². The summed E-state index contributed by atoms with van der Waals surface area (Å²) in [6.45, 7) is 4.43. The summed E-state index contributed by atoms with van der Waals surface area (Å²) < 4.78 is 13.7. The molecule has 2 rings (SSSR count). The van der Waals surface area contributed by atoms with Crippen molar-refractivity contribution in [1.82, 2.24) is 0 Å². The van der Waals surface area contributed by atoms with Crippen LogP contribution in [0.3, 0.4) is 0 Å². The Kier molecular flexibility index (Phi) is 5.36. The van der Waals surface area contributed by atoms with Gasteiger partial charge >= 0.3 is 0 Å². The van der Waals surface area contributed by atoms with Crippen molar-refractivity contribution >= 4 is 15.9 Å². The van der Waals surface area contributed by atoms with Crippen molar-refractivity contribution in [3.63, 3.8) is 0 Å². The number of rotatable bonds is 5. The maximum absolute atomic E-state index is 13.7. The average molecular weight is 335 g/mol. The lowest BCUT2D eigenvalue weighted by Gasteiger charge is -2.14. The zero-order valence-corrected chi connectivity index (χ0v) is 13.5. The van der Waals surface area contributed by atoms with Crippen LogP contribution in [-0.4, -0.2) is 0 Å². The van der Waals surface area contributed by atoms with E-state index in [1.54, 1.807) is 6.07 Å². The van der Waals surface area contributed by atoms with Crippen molar-refractivity contribution in [2.75, 3.05) is 0 Å². The lowest BCUT2D eigenvalue weighted by Crippen LogP contribution is -1.99. The monoisotopic (exact) mass is 334 g/mol. The minimum absolute atomic E-state index is 0.131. The number of hydrogen-bond acceptors (Lipinski definition) is 0. The number of benzene rings is 2. The van der Waals surface area contributed by atoms with Gasteiger partial charge in [0.05, 0.1) is 0 Å². The molecule has 0 aliphatic rings. The summed E-state index contributed by atoms with van der Waals surface area (Å²) in [5.41, 5.74) is 3.31. The fraction of sp³-hybridized carbons (Fsp3) is 0.333. The predicted octanol–water partition coefficient (Wildman–Crippen LogP) is 6.02. The van der Waals surface area contributed by atoms with Crippen LogP contribution < -0.4 is 0 Å². The minimum atomic E-state index is -0.131. The Labute approximate surface area is 129 Å². The summed E-state index contributed by atoms with van der Waals surface area (Å²) in [6, 6.07) is 15.6. The van der Waals surface area contributed by atoms with E-state index in [0.29, 0.717) is 12.3 Å². The molecule has 0 heterocycles. The maximum Gasteiger partial charge on any atom is 0.126 e. The van der Waals surface area contributed by atoms with Crippen LogP contribution in [0.25, 0.3) is 0 Å². The number of halogens is 2. The molecule has 0 nitrogen and oxygen atoms in total. The van der Waals surface area contributed by atoms with Gasteiger partial charge < -0.3 is 0 Å². The van der Waals surface area contributed by atoms with Gasteiger partial charge in [0.1, 0.15) is 5.82 Å². The molecule has 2 aromatic rings. The Hall–Kier alpha value is -1.15. The lowest BCUT2D eigenvalue weighted by atomic mass is 9.96. The van der Waals surface area contributed by atoms with Crippen LogP contribution in [-0.2, 0) is 6.42 Å². The van der Waals surface area contributed by atoms with Gasteiger partial charge in [0, 0.05) is 4.83 Å². The van der Waals surface area contributed by atoms with Crippen molar-refractivity contribution in [2.24, 2.45) is 0 Å². The largest absolute Gasteiger partial charge is 0.207 e. The first kappa shape index (κ1) is 15.2. The molecule has 0 aliphatic heterocycles. The molecule has 2 heteroatoms. The molecule has 2 unspecified atom stereocenters. The van der Waals surface area contributed by atoms with Gasteiger partial charge in [-0.25, -0.2) is 4.39 Å². The molecule has 0 saturated heterocycles. The number of alkyl halides is 1. The third kappa shape index (κ3) is 3.69. The third-order valence-electron chi connectivity index (χ3n) is 3.84. The molecule has 0 fully saturated rings. The standard InChI is InChI=1S/C18H20BrF/c1-3-13(2)14-8-10-15(11-9-14)17(19)12-16-6-4-5-7-18(16)20/h4-11,13,17H,3,12H2,1-2H3. The van der Waals surface area contributed by atoms with E-state index in [9.17, 15) is 4.39 Å². The van der Waals surface area contributed by atoms with Gasteiger partial charge in [-0.3, -0.25) is 0 Å². The van der Waals surface area contributed by atoms with Crippen molar-refractivity contribution in [3.8, 4) is 0 Å². The second-order valence-corrected chi connectivity index (χ2v) is 6.34. The Balaban J connectivity index is 2.10. The van der Waals surface area contributed by atoms with Gasteiger partial charge in [-0.1, -0.05) is 72.2 Å². The molecular weight excluding hydrogens is 315 g/mol. The Morgan fingerprint density at radius 2 is 1.60 bits per heavy atom. The highest BCUT2D eigenvalue weighted by molar-refractivity contribution is 9.09. The highest BCUT2D eigenvalue weighted by atomic mass is 79.9. The van der Waals surface area contributed by atoms with E-state index < -0.39 is 0 Å². The average Bonchev–Trinajstić information content (AvgIpc) is 2.49. The zero-order chi connectivity index (χ0) is 14.5. The molecule has 2 atom stereocenters. The molecule has 0 spiro atoms. The summed E-state index contributed by atoms with van der Waals surface area (Å²) in [4.78, 5) is 0.144. The Morgan fingerprint density at radius 3 is 2.20 bits per heavy atom. The molecule has 0 amide bonds. The van der Waals surface area contributed by atoms with Gasteiger partial charge in [-0.05, 0) is 41.5 Å².